The third kappa shape index (κ3) is 3.96. The van der Waals surface area contributed by atoms with Crippen LogP contribution in [0, 0.1) is 0 Å². The average molecular weight is 327 g/mol. The fourth-order valence-corrected chi connectivity index (χ4v) is 2.79. The first-order chi connectivity index (χ1) is 8.78. The monoisotopic (exact) mass is 326 g/mol. The number of nitrogens with one attached hydrogen (secondary N) is 2. The van der Waals surface area contributed by atoms with Crippen molar-refractivity contribution >= 4 is 39.0 Å². The Morgan fingerprint density at radius 2 is 2.28 bits per heavy atom. The second-order valence-electron chi connectivity index (χ2n) is 3.78. The maximum Gasteiger partial charge on any atom is 0.224 e. The zero-order valence-electron chi connectivity index (χ0n) is 10.1. The van der Waals surface area contributed by atoms with E-state index in [0.717, 1.165) is 29.8 Å². The molecule has 2 heterocycles. The van der Waals surface area contributed by atoms with Gasteiger partial charge >= 0.3 is 0 Å². The van der Waals surface area contributed by atoms with E-state index in [1.54, 1.807) is 17.5 Å². The summed E-state index contributed by atoms with van der Waals surface area (Å²) in [5, 5.41) is 8.53. The molecule has 0 spiro atoms. The van der Waals surface area contributed by atoms with Gasteiger partial charge in [-0.2, -0.15) is 4.98 Å². The normalized spacial score (nSPS) is 10.3. The maximum absolute atomic E-state index is 4.39. The van der Waals surface area contributed by atoms with E-state index < -0.39 is 0 Å². The van der Waals surface area contributed by atoms with Gasteiger partial charge in [-0.05, 0) is 34.5 Å². The molecule has 2 rings (SSSR count). The second kappa shape index (κ2) is 6.70. The second-order valence-corrected chi connectivity index (χ2v) is 5.69. The molecule has 6 heteroatoms. The van der Waals surface area contributed by atoms with Gasteiger partial charge in [0.2, 0.25) is 5.95 Å². The van der Waals surface area contributed by atoms with Crippen molar-refractivity contribution in [2.45, 2.75) is 19.9 Å². The molecule has 0 saturated carbocycles. The lowest BCUT2D eigenvalue weighted by atomic mass is 10.4. The van der Waals surface area contributed by atoms with Gasteiger partial charge in [0, 0.05) is 27.5 Å². The largest absolute Gasteiger partial charge is 0.365 e. The van der Waals surface area contributed by atoms with Crippen LogP contribution in [0.3, 0.4) is 0 Å². The van der Waals surface area contributed by atoms with Gasteiger partial charge in [-0.3, -0.25) is 0 Å². The summed E-state index contributed by atoms with van der Waals surface area (Å²) < 4.78 is 1.12. The zero-order chi connectivity index (χ0) is 12.8. The van der Waals surface area contributed by atoms with Crippen molar-refractivity contribution in [3.63, 3.8) is 0 Å². The summed E-state index contributed by atoms with van der Waals surface area (Å²) in [6.45, 7) is 3.78. The summed E-state index contributed by atoms with van der Waals surface area (Å²) in [5.74, 6) is 1.52. The Balaban J connectivity index is 1.92. The number of rotatable bonds is 6. The van der Waals surface area contributed by atoms with E-state index in [1.165, 1.54) is 4.88 Å². The molecule has 2 N–H and O–H groups in total. The van der Waals surface area contributed by atoms with Crippen LogP contribution in [0.4, 0.5) is 11.8 Å². The van der Waals surface area contributed by atoms with E-state index in [0.29, 0.717) is 5.95 Å². The first kappa shape index (κ1) is 13.3. The Kier molecular flexibility index (Phi) is 4.95. The molecule has 0 aliphatic carbocycles. The molecule has 0 fully saturated rings. The van der Waals surface area contributed by atoms with Gasteiger partial charge in [-0.15, -0.1) is 11.3 Å². The summed E-state index contributed by atoms with van der Waals surface area (Å²) in [5.41, 5.74) is 0. The van der Waals surface area contributed by atoms with Crippen molar-refractivity contribution < 1.29 is 0 Å². The first-order valence-electron chi connectivity index (χ1n) is 5.81. The molecule has 4 nitrogen and oxygen atoms in total. The average Bonchev–Trinajstić information content (AvgIpc) is 2.80. The predicted molar refractivity (Wildman–Crippen MR) is 80.2 cm³/mol. The number of halogens is 1. The SMILES string of the molecule is CCCNc1nccc(NCc2cc(Br)cs2)n1. The van der Waals surface area contributed by atoms with Gasteiger partial charge in [0.05, 0.1) is 6.54 Å². The molecule has 0 saturated heterocycles. The predicted octanol–water partition coefficient (Wildman–Crippen LogP) is 3.73. The van der Waals surface area contributed by atoms with Gasteiger partial charge in [0.1, 0.15) is 5.82 Å². The minimum Gasteiger partial charge on any atom is -0.365 e. The number of hydrogen-bond donors (Lipinski definition) is 2. The van der Waals surface area contributed by atoms with Crippen molar-refractivity contribution in [2.24, 2.45) is 0 Å². The summed E-state index contributed by atoms with van der Waals surface area (Å²) in [4.78, 5) is 9.83. The lowest BCUT2D eigenvalue weighted by Crippen LogP contribution is -2.06. The van der Waals surface area contributed by atoms with Gasteiger partial charge in [0.25, 0.3) is 0 Å². The molecular formula is C12H15BrN4S. The van der Waals surface area contributed by atoms with E-state index >= 15 is 0 Å². The van der Waals surface area contributed by atoms with Gasteiger partial charge < -0.3 is 10.6 Å². The molecule has 0 radical (unpaired) electrons. The summed E-state index contributed by atoms with van der Waals surface area (Å²) in [7, 11) is 0. The van der Waals surface area contributed by atoms with E-state index in [2.05, 4.69) is 54.9 Å². The lowest BCUT2D eigenvalue weighted by Gasteiger charge is -2.06. The van der Waals surface area contributed by atoms with Gasteiger partial charge in [-0.25, -0.2) is 4.98 Å². The van der Waals surface area contributed by atoms with Crippen molar-refractivity contribution in [2.75, 3.05) is 17.2 Å². The molecule has 0 unspecified atom stereocenters. The fraction of sp³-hybridized carbons (Fsp3) is 0.333. The number of aromatic nitrogens is 2. The molecule has 0 amide bonds. The standard InChI is InChI=1S/C12H15BrN4S/c1-2-4-14-12-15-5-3-11(17-12)16-7-10-6-9(13)8-18-10/h3,5-6,8H,2,4,7H2,1H3,(H2,14,15,16,17). The first-order valence-corrected chi connectivity index (χ1v) is 7.49. The van der Waals surface area contributed by atoms with E-state index in [4.69, 9.17) is 0 Å². The number of nitrogens with zero attached hydrogens (tertiary/aromatic N) is 2. The molecule has 18 heavy (non-hydrogen) atoms. The van der Waals surface area contributed by atoms with Gasteiger partial charge in [0.15, 0.2) is 0 Å². The van der Waals surface area contributed by atoms with Crippen LogP contribution in [0.2, 0.25) is 0 Å². The van der Waals surface area contributed by atoms with Crippen LogP contribution in [0.5, 0.6) is 0 Å². The molecule has 2 aromatic rings. The zero-order valence-corrected chi connectivity index (χ0v) is 12.5. The molecule has 0 aromatic carbocycles. The van der Waals surface area contributed by atoms with Crippen LogP contribution in [-0.2, 0) is 6.54 Å². The quantitative estimate of drug-likeness (QED) is 0.849. The van der Waals surface area contributed by atoms with E-state index in [1.807, 2.05) is 6.07 Å². The van der Waals surface area contributed by atoms with Crippen molar-refractivity contribution in [3.8, 4) is 0 Å². The minimum atomic E-state index is 0.675. The van der Waals surface area contributed by atoms with E-state index in [-0.39, 0.29) is 0 Å². The number of thiophene rings is 1. The smallest absolute Gasteiger partial charge is 0.224 e. The van der Waals surface area contributed by atoms with Crippen LogP contribution in [0.15, 0.2) is 28.2 Å². The summed E-state index contributed by atoms with van der Waals surface area (Å²) >= 11 is 5.16. The van der Waals surface area contributed by atoms with E-state index in [9.17, 15) is 0 Å². The van der Waals surface area contributed by atoms with Crippen LogP contribution in [0.1, 0.15) is 18.2 Å². The third-order valence-electron chi connectivity index (χ3n) is 2.25. The van der Waals surface area contributed by atoms with Crippen LogP contribution in [-0.4, -0.2) is 16.5 Å². The molecule has 0 aliphatic heterocycles. The maximum atomic E-state index is 4.39. The molecule has 2 aromatic heterocycles. The Morgan fingerprint density at radius 3 is 3.00 bits per heavy atom. The molecular weight excluding hydrogens is 312 g/mol. The van der Waals surface area contributed by atoms with Crippen LogP contribution < -0.4 is 10.6 Å². The minimum absolute atomic E-state index is 0.675. The number of anilines is 2. The highest BCUT2D eigenvalue weighted by Gasteiger charge is 2.00. The fourth-order valence-electron chi connectivity index (χ4n) is 1.40. The van der Waals surface area contributed by atoms with Crippen LogP contribution in [0.25, 0.3) is 0 Å². The van der Waals surface area contributed by atoms with Crippen molar-refractivity contribution in [1.29, 1.82) is 0 Å². The topological polar surface area (TPSA) is 49.8 Å². The van der Waals surface area contributed by atoms with Crippen molar-refractivity contribution in [3.05, 3.63) is 33.1 Å². The highest BCUT2D eigenvalue weighted by atomic mass is 79.9. The Labute approximate surface area is 119 Å². The Hall–Kier alpha value is -1.14. The lowest BCUT2D eigenvalue weighted by molar-refractivity contribution is 0.950. The Morgan fingerprint density at radius 1 is 1.39 bits per heavy atom. The summed E-state index contributed by atoms with van der Waals surface area (Å²) in [6, 6.07) is 3.98. The van der Waals surface area contributed by atoms with Gasteiger partial charge in [-0.1, -0.05) is 6.92 Å². The molecule has 96 valence electrons. The molecule has 0 atom stereocenters. The van der Waals surface area contributed by atoms with Crippen LogP contribution >= 0.6 is 27.3 Å². The third-order valence-corrected chi connectivity index (χ3v) is 3.95. The molecule has 0 aliphatic rings. The highest BCUT2D eigenvalue weighted by Crippen LogP contribution is 2.20. The molecule has 0 bridgehead atoms. The van der Waals surface area contributed by atoms with Crippen molar-refractivity contribution in [1.82, 2.24) is 9.97 Å². The summed E-state index contributed by atoms with van der Waals surface area (Å²) in [6.07, 6.45) is 2.82. The number of hydrogen-bond acceptors (Lipinski definition) is 5. The Bertz CT molecular complexity index is 500. The highest BCUT2D eigenvalue weighted by molar-refractivity contribution is 9.10.